The normalized spacial score (nSPS) is 18.6. The summed E-state index contributed by atoms with van der Waals surface area (Å²) >= 11 is 0. The van der Waals surface area contributed by atoms with Crippen LogP contribution in [0.25, 0.3) is 11.0 Å². The lowest BCUT2D eigenvalue weighted by atomic mass is 9.93. The first kappa shape index (κ1) is 25.0. The second-order valence-electron chi connectivity index (χ2n) is 9.11. The van der Waals surface area contributed by atoms with Crippen LogP contribution >= 0.6 is 0 Å². The van der Waals surface area contributed by atoms with Crippen LogP contribution in [-0.2, 0) is 16.1 Å². The minimum Gasteiger partial charge on any atom is -0.494 e. The first-order valence-corrected chi connectivity index (χ1v) is 11.7. The number of methoxy groups -OCH3 is 2. The number of hydrogen-bond acceptors (Lipinski definition) is 6. The minimum atomic E-state index is -0.334. The van der Waals surface area contributed by atoms with Crippen molar-refractivity contribution >= 4 is 22.8 Å². The molecule has 2 heterocycles. The summed E-state index contributed by atoms with van der Waals surface area (Å²) in [4.78, 5) is 32.4. The third-order valence-electron chi connectivity index (χ3n) is 6.13. The molecule has 1 aliphatic heterocycles. The van der Waals surface area contributed by atoms with E-state index in [4.69, 9.17) is 20.2 Å². The highest BCUT2D eigenvalue weighted by molar-refractivity contribution is 5.96. The van der Waals surface area contributed by atoms with Gasteiger partial charge in [-0.05, 0) is 37.3 Å². The van der Waals surface area contributed by atoms with Gasteiger partial charge in [-0.15, -0.1) is 0 Å². The lowest BCUT2D eigenvalue weighted by molar-refractivity contribution is -0.122. The number of aromatic nitrogens is 2. The van der Waals surface area contributed by atoms with Gasteiger partial charge in [0.1, 0.15) is 11.3 Å². The molecule has 2 aromatic rings. The molecule has 0 bridgehead atoms. The van der Waals surface area contributed by atoms with E-state index in [-0.39, 0.29) is 29.7 Å². The Morgan fingerprint density at radius 3 is 2.73 bits per heavy atom. The molecule has 1 aliphatic rings. The van der Waals surface area contributed by atoms with E-state index in [1.807, 2.05) is 27.7 Å². The van der Waals surface area contributed by atoms with Gasteiger partial charge in [-0.1, -0.05) is 19.9 Å². The van der Waals surface area contributed by atoms with Crippen LogP contribution in [0.2, 0.25) is 0 Å². The number of imidazole rings is 1. The molecule has 9 heteroatoms. The van der Waals surface area contributed by atoms with E-state index in [1.54, 1.807) is 14.2 Å². The van der Waals surface area contributed by atoms with Gasteiger partial charge < -0.3 is 30.0 Å². The van der Waals surface area contributed by atoms with Gasteiger partial charge >= 0.3 is 0 Å². The Labute approximate surface area is 195 Å². The molecule has 0 spiro atoms. The molecule has 0 saturated carbocycles. The SMILES string of the molecule is COCCCCn1c(C(=O)N(CC(C)C)C2CNC[C@@H](C(N)=O)C2)nc2c(OC)cccc21. The van der Waals surface area contributed by atoms with Crippen LogP contribution in [0, 0.1) is 11.8 Å². The van der Waals surface area contributed by atoms with Gasteiger partial charge in [0.05, 0.1) is 18.5 Å². The summed E-state index contributed by atoms with van der Waals surface area (Å²) < 4.78 is 12.7. The Kier molecular flexibility index (Phi) is 8.68. The number of rotatable bonds is 11. The smallest absolute Gasteiger partial charge is 0.290 e. The molecule has 0 radical (unpaired) electrons. The van der Waals surface area contributed by atoms with Gasteiger partial charge in [0.2, 0.25) is 5.91 Å². The molecule has 0 aliphatic carbocycles. The third-order valence-corrected chi connectivity index (χ3v) is 6.13. The second-order valence-corrected chi connectivity index (χ2v) is 9.11. The highest BCUT2D eigenvalue weighted by Crippen LogP contribution is 2.28. The largest absolute Gasteiger partial charge is 0.494 e. The maximum Gasteiger partial charge on any atom is 0.290 e. The highest BCUT2D eigenvalue weighted by atomic mass is 16.5. The van der Waals surface area contributed by atoms with Gasteiger partial charge in [0.25, 0.3) is 5.91 Å². The fraction of sp³-hybridized carbons (Fsp3) is 0.625. The van der Waals surface area contributed by atoms with Crippen molar-refractivity contribution in [1.29, 1.82) is 0 Å². The number of amides is 2. The number of nitrogens with zero attached hydrogens (tertiary/aromatic N) is 3. The summed E-state index contributed by atoms with van der Waals surface area (Å²) in [7, 11) is 3.30. The Morgan fingerprint density at radius 2 is 2.06 bits per heavy atom. The summed E-state index contributed by atoms with van der Waals surface area (Å²) in [5.41, 5.74) is 7.13. The van der Waals surface area contributed by atoms with Crippen molar-refractivity contribution in [3.63, 3.8) is 0 Å². The number of aryl methyl sites for hydroxylation is 1. The summed E-state index contributed by atoms with van der Waals surface area (Å²) in [6.07, 6.45) is 2.30. The fourth-order valence-corrected chi connectivity index (χ4v) is 4.49. The minimum absolute atomic E-state index is 0.130. The highest BCUT2D eigenvalue weighted by Gasteiger charge is 2.34. The standard InChI is InChI=1S/C24H37N5O4/c1-16(2)15-29(18-12-17(22(25)30)13-26-14-18)24(31)23-27-21-19(8-7-9-20(21)33-4)28(23)10-5-6-11-32-3/h7-9,16-18,26H,5-6,10-15H2,1-4H3,(H2,25,30)/t17-,18?/m0/s1. The zero-order valence-electron chi connectivity index (χ0n) is 20.2. The monoisotopic (exact) mass is 459 g/mol. The molecular formula is C24H37N5O4. The number of piperidine rings is 1. The number of primary amides is 1. The maximum absolute atomic E-state index is 14.0. The Balaban J connectivity index is 1.99. The average molecular weight is 460 g/mol. The molecule has 182 valence electrons. The zero-order chi connectivity index (χ0) is 24.0. The van der Waals surface area contributed by atoms with E-state index < -0.39 is 0 Å². The molecule has 3 rings (SSSR count). The van der Waals surface area contributed by atoms with E-state index in [0.717, 1.165) is 18.4 Å². The predicted molar refractivity (Wildman–Crippen MR) is 127 cm³/mol. The van der Waals surface area contributed by atoms with E-state index in [1.165, 1.54) is 0 Å². The maximum atomic E-state index is 14.0. The van der Waals surface area contributed by atoms with Gasteiger partial charge in [-0.2, -0.15) is 0 Å². The molecule has 1 fully saturated rings. The van der Waals surface area contributed by atoms with Crippen molar-refractivity contribution in [2.45, 2.75) is 45.7 Å². The molecule has 1 saturated heterocycles. The van der Waals surface area contributed by atoms with Crippen LogP contribution in [0.5, 0.6) is 5.75 Å². The second kappa shape index (κ2) is 11.5. The van der Waals surface area contributed by atoms with Crippen LogP contribution in [0.1, 0.15) is 43.7 Å². The number of carbonyl (C=O) groups is 2. The molecule has 1 aromatic carbocycles. The number of nitrogens with one attached hydrogen (secondary N) is 1. The number of ether oxygens (including phenoxy) is 2. The lowest BCUT2D eigenvalue weighted by Gasteiger charge is -2.38. The number of carbonyl (C=O) groups excluding carboxylic acids is 2. The zero-order valence-corrected chi connectivity index (χ0v) is 20.2. The van der Waals surface area contributed by atoms with E-state index >= 15 is 0 Å². The average Bonchev–Trinajstić information content (AvgIpc) is 3.18. The van der Waals surface area contributed by atoms with Crippen molar-refractivity contribution in [1.82, 2.24) is 19.8 Å². The quantitative estimate of drug-likeness (QED) is 0.498. The number of para-hydroxylation sites is 1. The van der Waals surface area contributed by atoms with Gasteiger partial charge in [0.15, 0.2) is 5.82 Å². The topological polar surface area (TPSA) is 112 Å². The molecule has 1 aromatic heterocycles. The van der Waals surface area contributed by atoms with E-state index in [2.05, 4.69) is 19.2 Å². The number of fused-ring (bicyclic) bond motifs is 1. The Hall–Kier alpha value is -2.65. The number of unbranched alkanes of at least 4 members (excludes halogenated alkanes) is 1. The third kappa shape index (κ3) is 5.83. The molecule has 1 unspecified atom stereocenters. The Morgan fingerprint density at radius 1 is 1.27 bits per heavy atom. The van der Waals surface area contributed by atoms with Gasteiger partial charge in [-0.3, -0.25) is 9.59 Å². The van der Waals surface area contributed by atoms with Crippen molar-refractivity contribution < 1.29 is 19.1 Å². The van der Waals surface area contributed by atoms with Crippen molar-refractivity contribution in [3.05, 3.63) is 24.0 Å². The van der Waals surface area contributed by atoms with Crippen molar-refractivity contribution in [2.24, 2.45) is 17.6 Å². The predicted octanol–water partition coefficient (Wildman–Crippen LogP) is 2.03. The fourth-order valence-electron chi connectivity index (χ4n) is 4.49. The van der Waals surface area contributed by atoms with Crippen LogP contribution < -0.4 is 15.8 Å². The molecule has 2 amide bonds. The first-order valence-electron chi connectivity index (χ1n) is 11.7. The van der Waals surface area contributed by atoms with Crippen LogP contribution in [0.15, 0.2) is 18.2 Å². The van der Waals surface area contributed by atoms with Gasteiger partial charge in [-0.25, -0.2) is 4.98 Å². The number of benzene rings is 1. The van der Waals surface area contributed by atoms with Crippen molar-refractivity contribution in [3.8, 4) is 5.75 Å². The molecular weight excluding hydrogens is 422 g/mol. The Bertz CT molecular complexity index is 958. The van der Waals surface area contributed by atoms with Crippen LogP contribution in [0.3, 0.4) is 0 Å². The molecule has 3 N–H and O–H groups in total. The summed E-state index contributed by atoms with van der Waals surface area (Å²) in [5, 5.41) is 3.28. The van der Waals surface area contributed by atoms with Crippen LogP contribution in [-0.4, -0.2) is 72.8 Å². The van der Waals surface area contributed by atoms with Crippen LogP contribution in [0.4, 0.5) is 0 Å². The van der Waals surface area contributed by atoms with Crippen molar-refractivity contribution in [2.75, 3.05) is 40.5 Å². The molecule has 33 heavy (non-hydrogen) atoms. The number of hydrogen-bond donors (Lipinski definition) is 2. The molecule has 2 atom stereocenters. The summed E-state index contributed by atoms with van der Waals surface area (Å²) in [6.45, 7) is 7.22. The summed E-state index contributed by atoms with van der Waals surface area (Å²) in [6, 6.07) is 5.61. The first-order chi connectivity index (χ1) is 15.9. The lowest BCUT2D eigenvalue weighted by Crippen LogP contribution is -2.54. The summed E-state index contributed by atoms with van der Waals surface area (Å²) in [5.74, 6) is 0.538. The van der Waals surface area contributed by atoms with Gasteiger partial charge in [0, 0.05) is 45.9 Å². The number of nitrogens with two attached hydrogens (primary N) is 1. The van der Waals surface area contributed by atoms with E-state index in [0.29, 0.717) is 56.3 Å². The van der Waals surface area contributed by atoms with E-state index in [9.17, 15) is 9.59 Å². The molecule has 9 nitrogen and oxygen atoms in total.